The van der Waals surface area contributed by atoms with Gasteiger partial charge in [-0.15, -0.1) is 0 Å². The highest BCUT2D eigenvalue weighted by Gasteiger charge is 2.21. The van der Waals surface area contributed by atoms with Crippen molar-refractivity contribution in [2.75, 3.05) is 5.73 Å². The molecule has 18 heavy (non-hydrogen) atoms. The van der Waals surface area contributed by atoms with Gasteiger partial charge in [-0.3, -0.25) is 5.10 Å². The van der Waals surface area contributed by atoms with Gasteiger partial charge in [0.05, 0.1) is 5.39 Å². The maximum absolute atomic E-state index is 6.00. The lowest BCUT2D eigenvalue weighted by atomic mass is 9.85. The van der Waals surface area contributed by atoms with Gasteiger partial charge in [0.1, 0.15) is 5.82 Å². The molecule has 3 N–H and O–H groups in total. The Labute approximate surface area is 104 Å². The Kier molecular flexibility index (Phi) is 1.78. The Morgan fingerprint density at radius 3 is 2.89 bits per heavy atom. The quantitative estimate of drug-likeness (QED) is 0.629. The van der Waals surface area contributed by atoms with Crippen LogP contribution in [0.1, 0.15) is 11.1 Å². The largest absolute Gasteiger partial charge is 0.383 e. The van der Waals surface area contributed by atoms with Crippen molar-refractivity contribution >= 4 is 16.9 Å². The number of aromatic nitrogens is 3. The van der Waals surface area contributed by atoms with Crippen molar-refractivity contribution in [1.29, 1.82) is 0 Å². The summed E-state index contributed by atoms with van der Waals surface area (Å²) in [7, 11) is 0. The number of pyridine rings is 1. The fourth-order valence-electron chi connectivity index (χ4n) is 2.80. The Hall–Kier alpha value is -2.36. The molecule has 1 aliphatic carbocycles. The first-order valence-corrected chi connectivity index (χ1v) is 6.04. The molecule has 1 aromatic carbocycles. The molecule has 2 aromatic heterocycles. The minimum Gasteiger partial charge on any atom is -0.383 e. The Bertz CT molecular complexity index is 758. The van der Waals surface area contributed by atoms with Crippen LogP contribution in [0.2, 0.25) is 0 Å². The zero-order chi connectivity index (χ0) is 12.1. The van der Waals surface area contributed by atoms with Crippen LogP contribution in [-0.4, -0.2) is 15.2 Å². The van der Waals surface area contributed by atoms with E-state index in [9.17, 15) is 0 Å². The highest BCUT2D eigenvalue weighted by Crippen LogP contribution is 2.39. The predicted octanol–water partition coefficient (Wildman–Crippen LogP) is 2.31. The third-order valence-corrected chi connectivity index (χ3v) is 3.64. The summed E-state index contributed by atoms with van der Waals surface area (Å²) < 4.78 is 0. The third-order valence-electron chi connectivity index (χ3n) is 3.64. The van der Waals surface area contributed by atoms with Crippen molar-refractivity contribution in [3.8, 4) is 11.1 Å². The van der Waals surface area contributed by atoms with Crippen LogP contribution >= 0.6 is 0 Å². The maximum atomic E-state index is 6.00. The van der Waals surface area contributed by atoms with E-state index < -0.39 is 0 Å². The molecular formula is C14H12N4. The maximum Gasteiger partial charge on any atom is 0.183 e. The van der Waals surface area contributed by atoms with Crippen LogP contribution in [0.15, 0.2) is 30.5 Å². The minimum absolute atomic E-state index is 0.603. The molecule has 0 radical (unpaired) electrons. The lowest BCUT2D eigenvalue weighted by Gasteiger charge is -2.19. The van der Waals surface area contributed by atoms with E-state index in [-0.39, 0.29) is 0 Å². The van der Waals surface area contributed by atoms with Gasteiger partial charge in [0.2, 0.25) is 0 Å². The summed E-state index contributed by atoms with van der Waals surface area (Å²) >= 11 is 0. The summed E-state index contributed by atoms with van der Waals surface area (Å²) in [6, 6.07) is 8.48. The zero-order valence-corrected chi connectivity index (χ0v) is 9.77. The number of aromatic amines is 1. The van der Waals surface area contributed by atoms with Crippen LogP contribution in [0.5, 0.6) is 0 Å². The van der Waals surface area contributed by atoms with Gasteiger partial charge in [0.15, 0.2) is 5.65 Å². The van der Waals surface area contributed by atoms with E-state index in [0.29, 0.717) is 11.5 Å². The van der Waals surface area contributed by atoms with Crippen molar-refractivity contribution in [2.45, 2.75) is 12.8 Å². The minimum atomic E-state index is 0.603. The number of H-pyrrole nitrogens is 1. The second kappa shape index (κ2) is 3.32. The fraction of sp³-hybridized carbons (Fsp3) is 0.143. The Morgan fingerprint density at radius 2 is 1.94 bits per heavy atom. The first kappa shape index (κ1) is 9.65. The molecule has 0 bridgehead atoms. The van der Waals surface area contributed by atoms with Crippen molar-refractivity contribution < 1.29 is 0 Å². The van der Waals surface area contributed by atoms with E-state index in [1.54, 1.807) is 0 Å². The lowest BCUT2D eigenvalue weighted by Crippen LogP contribution is -2.05. The molecule has 88 valence electrons. The molecule has 0 unspecified atom stereocenters. The smallest absolute Gasteiger partial charge is 0.183 e. The first-order chi connectivity index (χ1) is 8.84. The number of hydrogen-bond donors (Lipinski definition) is 2. The molecule has 0 saturated carbocycles. The topological polar surface area (TPSA) is 67.6 Å². The normalized spacial score (nSPS) is 13.3. The molecule has 4 rings (SSSR count). The first-order valence-electron chi connectivity index (χ1n) is 6.04. The van der Waals surface area contributed by atoms with Gasteiger partial charge in [-0.25, -0.2) is 4.98 Å². The van der Waals surface area contributed by atoms with Crippen LogP contribution in [0.25, 0.3) is 22.2 Å². The number of benzene rings is 1. The molecule has 2 heterocycles. The van der Waals surface area contributed by atoms with Gasteiger partial charge in [0, 0.05) is 11.8 Å². The monoisotopic (exact) mass is 236 g/mol. The highest BCUT2D eigenvalue weighted by atomic mass is 15.2. The fourth-order valence-corrected chi connectivity index (χ4v) is 2.80. The van der Waals surface area contributed by atoms with Gasteiger partial charge in [-0.1, -0.05) is 24.3 Å². The average Bonchev–Trinajstić information content (AvgIpc) is 2.80. The van der Waals surface area contributed by atoms with Crippen LogP contribution in [0, 0.1) is 0 Å². The number of nitrogens with zero attached hydrogens (tertiary/aromatic N) is 2. The Morgan fingerprint density at radius 1 is 1.11 bits per heavy atom. The third kappa shape index (κ3) is 1.14. The molecule has 0 spiro atoms. The van der Waals surface area contributed by atoms with Gasteiger partial charge < -0.3 is 5.73 Å². The van der Waals surface area contributed by atoms with E-state index >= 15 is 0 Å². The molecular weight excluding hydrogens is 224 g/mol. The second-order valence-corrected chi connectivity index (χ2v) is 4.65. The molecule has 3 aromatic rings. The molecule has 0 saturated heterocycles. The van der Waals surface area contributed by atoms with E-state index in [4.69, 9.17) is 5.73 Å². The predicted molar refractivity (Wildman–Crippen MR) is 71.1 cm³/mol. The van der Waals surface area contributed by atoms with Crippen LogP contribution in [0.4, 0.5) is 5.82 Å². The van der Waals surface area contributed by atoms with Crippen LogP contribution in [0.3, 0.4) is 0 Å². The molecule has 0 aliphatic heterocycles. The van der Waals surface area contributed by atoms with E-state index in [1.165, 1.54) is 22.3 Å². The van der Waals surface area contributed by atoms with E-state index in [1.807, 2.05) is 6.20 Å². The standard InChI is InChI=1S/C14H12N4/c15-13-12-11-9(7-16-14(12)18-17-13)6-5-8-3-1-2-4-10(8)11/h1-4,7H,5-6H2,(H3,15,16,17,18). The number of hydrogen-bond acceptors (Lipinski definition) is 3. The van der Waals surface area contributed by atoms with Gasteiger partial charge in [-0.2, -0.15) is 5.10 Å². The summed E-state index contributed by atoms with van der Waals surface area (Å²) in [5.41, 5.74) is 11.8. The molecule has 0 atom stereocenters. The van der Waals surface area contributed by atoms with Gasteiger partial charge in [-0.05, 0) is 29.5 Å². The lowest BCUT2D eigenvalue weighted by molar-refractivity contribution is 0.936. The number of nitrogens with two attached hydrogens (primary N) is 1. The summed E-state index contributed by atoms with van der Waals surface area (Å²) in [5.74, 6) is 0.603. The molecule has 1 aliphatic rings. The number of rotatable bonds is 0. The number of fused-ring (bicyclic) bond motifs is 5. The summed E-state index contributed by atoms with van der Waals surface area (Å²) in [6.45, 7) is 0. The second-order valence-electron chi connectivity index (χ2n) is 4.65. The molecule has 4 heteroatoms. The highest BCUT2D eigenvalue weighted by molar-refractivity contribution is 6.02. The van der Waals surface area contributed by atoms with Gasteiger partial charge in [0.25, 0.3) is 0 Å². The van der Waals surface area contributed by atoms with Crippen molar-refractivity contribution in [3.05, 3.63) is 41.6 Å². The Balaban J connectivity index is 2.18. The number of nitrogens with one attached hydrogen (secondary N) is 1. The number of nitrogen functional groups attached to an aromatic ring is 1. The van der Waals surface area contributed by atoms with Crippen LogP contribution in [-0.2, 0) is 12.8 Å². The summed E-state index contributed by atoms with van der Waals surface area (Å²) in [4.78, 5) is 4.37. The summed E-state index contributed by atoms with van der Waals surface area (Å²) in [6.07, 6.45) is 4.00. The average molecular weight is 236 g/mol. The van der Waals surface area contributed by atoms with E-state index in [2.05, 4.69) is 39.4 Å². The van der Waals surface area contributed by atoms with Crippen LogP contribution < -0.4 is 5.73 Å². The van der Waals surface area contributed by atoms with Crippen molar-refractivity contribution in [2.24, 2.45) is 0 Å². The molecule has 0 amide bonds. The molecule has 4 nitrogen and oxygen atoms in total. The number of aryl methyl sites for hydroxylation is 2. The van der Waals surface area contributed by atoms with Crippen molar-refractivity contribution in [3.63, 3.8) is 0 Å². The van der Waals surface area contributed by atoms with Crippen molar-refractivity contribution in [1.82, 2.24) is 15.2 Å². The molecule has 0 fully saturated rings. The zero-order valence-electron chi connectivity index (χ0n) is 9.77. The summed E-state index contributed by atoms with van der Waals surface area (Å²) in [5, 5.41) is 7.92. The SMILES string of the molecule is Nc1[nH]nc2ncc3c(c12)-c1ccccc1CC3. The number of anilines is 1. The van der Waals surface area contributed by atoms with E-state index in [0.717, 1.165) is 18.2 Å². The van der Waals surface area contributed by atoms with Gasteiger partial charge >= 0.3 is 0 Å².